The fraction of sp³-hybridized carbons (Fsp3) is 0.133. The molecular formula is C15H14N4OS. The van der Waals surface area contributed by atoms with Crippen LogP contribution in [-0.4, -0.2) is 26.4 Å². The van der Waals surface area contributed by atoms with Gasteiger partial charge in [-0.3, -0.25) is 14.6 Å². The van der Waals surface area contributed by atoms with Crippen LogP contribution in [-0.2, 0) is 0 Å². The molecule has 0 fully saturated rings. The van der Waals surface area contributed by atoms with Gasteiger partial charge in [0.25, 0.3) is 0 Å². The van der Waals surface area contributed by atoms with Gasteiger partial charge in [0, 0.05) is 6.20 Å². The van der Waals surface area contributed by atoms with Crippen molar-refractivity contribution in [3.8, 4) is 23.0 Å². The van der Waals surface area contributed by atoms with Crippen molar-refractivity contribution in [2.75, 3.05) is 6.61 Å². The summed E-state index contributed by atoms with van der Waals surface area (Å²) in [6.07, 6.45) is 1.73. The van der Waals surface area contributed by atoms with Crippen LogP contribution in [0, 0.1) is 4.77 Å². The molecule has 2 aromatic heterocycles. The number of rotatable bonds is 4. The lowest BCUT2D eigenvalue weighted by Crippen LogP contribution is -1.99. The fourth-order valence-electron chi connectivity index (χ4n) is 2.06. The number of pyridine rings is 1. The quantitative estimate of drug-likeness (QED) is 0.750. The van der Waals surface area contributed by atoms with Gasteiger partial charge in [-0.05, 0) is 55.5 Å². The predicted molar refractivity (Wildman–Crippen MR) is 83.1 cm³/mol. The van der Waals surface area contributed by atoms with Gasteiger partial charge in [0.05, 0.1) is 12.3 Å². The number of ether oxygens (including phenoxy) is 1. The standard InChI is InChI=1S/C15H14N4OS/c1-2-20-12-8-6-11(7-9-12)19-14(17-18-15(19)21)13-5-3-4-10-16-13/h3-10H,2H2,1H3,(H,18,21). The van der Waals surface area contributed by atoms with Gasteiger partial charge >= 0.3 is 0 Å². The molecule has 5 nitrogen and oxygen atoms in total. The molecule has 0 aliphatic heterocycles. The topological polar surface area (TPSA) is 55.7 Å². The van der Waals surface area contributed by atoms with E-state index in [1.807, 2.05) is 54.0 Å². The average Bonchev–Trinajstić information content (AvgIpc) is 2.91. The fourth-order valence-corrected chi connectivity index (χ4v) is 2.30. The number of hydrogen-bond acceptors (Lipinski definition) is 4. The monoisotopic (exact) mass is 298 g/mol. The van der Waals surface area contributed by atoms with E-state index in [1.165, 1.54) is 0 Å². The van der Waals surface area contributed by atoms with Gasteiger partial charge in [0.2, 0.25) is 0 Å². The number of H-pyrrole nitrogens is 1. The summed E-state index contributed by atoms with van der Waals surface area (Å²) in [5.41, 5.74) is 1.68. The minimum absolute atomic E-state index is 0.528. The summed E-state index contributed by atoms with van der Waals surface area (Å²) >= 11 is 5.32. The summed E-state index contributed by atoms with van der Waals surface area (Å²) in [4.78, 5) is 4.32. The van der Waals surface area contributed by atoms with E-state index in [0.29, 0.717) is 17.2 Å². The molecule has 0 aliphatic rings. The van der Waals surface area contributed by atoms with Crippen LogP contribution >= 0.6 is 12.2 Å². The molecular weight excluding hydrogens is 284 g/mol. The Morgan fingerprint density at radius 3 is 2.67 bits per heavy atom. The number of nitrogens with one attached hydrogen (secondary N) is 1. The van der Waals surface area contributed by atoms with Crippen LogP contribution in [0.25, 0.3) is 17.2 Å². The van der Waals surface area contributed by atoms with Crippen LogP contribution < -0.4 is 4.74 Å². The SMILES string of the molecule is CCOc1ccc(-n2c(-c3ccccn3)n[nH]c2=S)cc1. The molecule has 0 radical (unpaired) electrons. The van der Waals surface area contributed by atoms with E-state index in [2.05, 4.69) is 15.2 Å². The third-order valence-electron chi connectivity index (χ3n) is 2.97. The molecule has 1 N–H and O–H groups in total. The Morgan fingerprint density at radius 1 is 1.19 bits per heavy atom. The Labute approximate surface area is 127 Å². The minimum atomic E-state index is 0.528. The van der Waals surface area contributed by atoms with Gasteiger partial charge in [-0.25, -0.2) is 0 Å². The normalized spacial score (nSPS) is 10.5. The van der Waals surface area contributed by atoms with Gasteiger partial charge in [-0.15, -0.1) is 0 Å². The molecule has 0 aliphatic carbocycles. The number of benzene rings is 1. The van der Waals surface area contributed by atoms with Crippen LogP contribution in [0.2, 0.25) is 0 Å². The summed E-state index contributed by atoms with van der Waals surface area (Å²) in [5.74, 6) is 1.51. The van der Waals surface area contributed by atoms with Crippen LogP contribution in [0.5, 0.6) is 5.75 Å². The van der Waals surface area contributed by atoms with Gasteiger partial charge in [-0.1, -0.05) is 6.07 Å². The second-order valence-corrected chi connectivity index (χ2v) is 4.72. The van der Waals surface area contributed by atoms with E-state index < -0.39 is 0 Å². The molecule has 0 unspecified atom stereocenters. The van der Waals surface area contributed by atoms with Crippen molar-refractivity contribution in [3.63, 3.8) is 0 Å². The third-order valence-corrected chi connectivity index (χ3v) is 3.25. The smallest absolute Gasteiger partial charge is 0.200 e. The Balaban J connectivity index is 2.06. The summed E-state index contributed by atoms with van der Waals surface area (Å²) < 4.78 is 7.83. The molecule has 1 aromatic carbocycles. The maximum atomic E-state index is 5.45. The minimum Gasteiger partial charge on any atom is -0.494 e. The van der Waals surface area contributed by atoms with E-state index in [1.54, 1.807) is 6.20 Å². The molecule has 0 atom stereocenters. The molecule has 2 heterocycles. The van der Waals surface area contributed by atoms with E-state index in [0.717, 1.165) is 17.1 Å². The Morgan fingerprint density at radius 2 is 2.00 bits per heavy atom. The first-order valence-electron chi connectivity index (χ1n) is 6.61. The summed E-state index contributed by atoms with van der Waals surface area (Å²) in [7, 11) is 0. The van der Waals surface area contributed by atoms with Crippen molar-refractivity contribution >= 4 is 12.2 Å². The molecule has 0 saturated heterocycles. The van der Waals surface area contributed by atoms with E-state index in [4.69, 9.17) is 17.0 Å². The van der Waals surface area contributed by atoms with Gasteiger partial charge in [-0.2, -0.15) is 5.10 Å². The highest BCUT2D eigenvalue weighted by Gasteiger charge is 2.11. The van der Waals surface area contributed by atoms with Crippen LogP contribution in [0.3, 0.4) is 0 Å². The number of hydrogen-bond donors (Lipinski definition) is 1. The summed E-state index contributed by atoms with van der Waals surface area (Å²) in [6, 6.07) is 13.4. The van der Waals surface area contributed by atoms with Crippen molar-refractivity contribution in [3.05, 3.63) is 53.4 Å². The number of aromatic nitrogens is 4. The van der Waals surface area contributed by atoms with Crippen molar-refractivity contribution in [1.29, 1.82) is 0 Å². The number of nitrogens with zero attached hydrogens (tertiary/aromatic N) is 3. The third kappa shape index (κ3) is 2.71. The van der Waals surface area contributed by atoms with Crippen molar-refractivity contribution < 1.29 is 4.74 Å². The van der Waals surface area contributed by atoms with Crippen molar-refractivity contribution in [2.24, 2.45) is 0 Å². The second kappa shape index (κ2) is 5.88. The molecule has 106 valence electrons. The summed E-state index contributed by atoms with van der Waals surface area (Å²) in [5, 5.41) is 7.09. The Bertz CT molecular complexity index is 777. The molecule has 0 bridgehead atoms. The predicted octanol–water partition coefficient (Wildman–Crippen LogP) is 3.39. The van der Waals surface area contributed by atoms with E-state index >= 15 is 0 Å². The highest BCUT2D eigenvalue weighted by atomic mass is 32.1. The largest absolute Gasteiger partial charge is 0.494 e. The maximum absolute atomic E-state index is 5.45. The van der Waals surface area contributed by atoms with Crippen LogP contribution in [0.1, 0.15) is 6.92 Å². The maximum Gasteiger partial charge on any atom is 0.200 e. The Hall–Kier alpha value is -2.47. The molecule has 0 saturated carbocycles. The zero-order chi connectivity index (χ0) is 14.7. The first-order chi connectivity index (χ1) is 10.3. The first kappa shape index (κ1) is 13.5. The average molecular weight is 298 g/mol. The highest BCUT2D eigenvalue weighted by Crippen LogP contribution is 2.21. The second-order valence-electron chi connectivity index (χ2n) is 4.33. The van der Waals surface area contributed by atoms with Gasteiger partial charge in [0.15, 0.2) is 10.6 Å². The lowest BCUT2D eigenvalue weighted by Gasteiger charge is -2.08. The first-order valence-corrected chi connectivity index (χ1v) is 7.02. The van der Waals surface area contributed by atoms with Gasteiger partial charge in [0.1, 0.15) is 11.4 Å². The lowest BCUT2D eigenvalue weighted by atomic mass is 10.3. The molecule has 0 amide bonds. The molecule has 21 heavy (non-hydrogen) atoms. The van der Waals surface area contributed by atoms with E-state index in [9.17, 15) is 0 Å². The van der Waals surface area contributed by atoms with Crippen molar-refractivity contribution in [1.82, 2.24) is 19.7 Å². The van der Waals surface area contributed by atoms with Crippen LogP contribution in [0.4, 0.5) is 0 Å². The lowest BCUT2D eigenvalue weighted by molar-refractivity contribution is 0.340. The molecule has 0 spiro atoms. The summed E-state index contributed by atoms with van der Waals surface area (Å²) in [6.45, 7) is 2.60. The number of aromatic amines is 1. The van der Waals surface area contributed by atoms with Gasteiger partial charge < -0.3 is 4.74 Å². The molecule has 3 aromatic rings. The molecule has 3 rings (SSSR count). The zero-order valence-electron chi connectivity index (χ0n) is 11.5. The highest BCUT2D eigenvalue weighted by molar-refractivity contribution is 7.71. The zero-order valence-corrected chi connectivity index (χ0v) is 12.3. The molecule has 6 heteroatoms. The van der Waals surface area contributed by atoms with Crippen LogP contribution in [0.15, 0.2) is 48.7 Å². The Kier molecular flexibility index (Phi) is 3.79. The van der Waals surface area contributed by atoms with E-state index in [-0.39, 0.29) is 0 Å². The van der Waals surface area contributed by atoms with Crippen molar-refractivity contribution in [2.45, 2.75) is 6.92 Å².